The minimum atomic E-state index is -0.123. The monoisotopic (exact) mass is 256 g/mol. The Balaban J connectivity index is 2.17. The van der Waals surface area contributed by atoms with E-state index < -0.39 is 0 Å². The van der Waals surface area contributed by atoms with Crippen LogP contribution in [0.3, 0.4) is 0 Å². The molecule has 108 valence electrons. The third kappa shape index (κ3) is 5.68. The minimum Gasteiger partial charge on any atom is -0.394 e. The van der Waals surface area contributed by atoms with Crippen LogP contribution in [-0.2, 0) is 0 Å². The van der Waals surface area contributed by atoms with Gasteiger partial charge in [0.05, 0.1) is 6.61 Å². The highest BCUT2D eigenvalue weighted by Gasteiger charge is 2.33. The molecular weight excluding hydrogens is 224 g/mol. The Morgan fingerprint density at radius 1 is 1.44 bits per heavy atom. The standard InChI is InChI=1S/C15H32N2O/c1-12(2)16-15(4,11-18)7-6-8-17(5)10-14-9-13(14)3/h12-14,16,18H,6-11H2,1-5H3. The van der Waals surface area contributed by atoms with Crippen LogP contribution in [0.15, 0.2) is 0 Å². The van der Waals surface area contributed by atoms with Crippen LogP contribution in [-0.4, -0.2) is 48.3 Å². The smallest absolute Gasteiger partial charge is 0.0610 e. The molecule has 18 heavy (non-hydrogen) atoms. The first kappa shape index (κ1) is 15.9. The van der Waals surface area contributed by atoms with E-state index in [-0.39, 0.29) is 12.1 Å². The minimum absolute atomic E-state index is 0.123. The molecule has 0 aromatic heterocycles. The van der Waals surface area contributed by atoms with Crippen molar-refractivity contribution in [3.8, 4) is 0 Å². The molecule has 1 aliphatic carbocycles. The van der Waals surface area contributed by atoms with Crippen LogP contribution in [0.25, 0.3) is 0 Å². The SMILES string of the molecule is CC(C)NC(C)(CO)CCCN(C)CC1CC1C. The molecule has 0 radical (unpaired) electrons. The van der Waals surface area contributed by atoms with Crippen molar-refractivity contribution < 1.29 is 5.11 Å². The molecule has 0 aliphatic heterocycles. The lowest BCUT2D eigenvalue weighted by Crippen LogP contribution is -2.49. The van der Waals surface area contributed by atoms with Crippen LogP contribution in [0.5, 0.6) is 0 Å². The zero-order chi connectivity index (χ0) is 13.8. The maximum atomic E-state index is 9.51. The van der Waals surface area contributed by atoms with Gasteiger partial charge in [-0.1, -0.05) is 20.8 Å². The van der Waals surface area contributed by atoms with Gasteiger partial charge < -0.3 is 15.3 Å². The van der Waals surface area contributed by atoms with Crippen LogP contribution < -0.4 is 5.32 Å². The number of aliphatic hydroxyl groups is 1. The summed E-state index contributed by atoms with van der Waals surface area (Å²) in [6, 6.07) is 0.423. The number of hydrogen-bond acceptors (Lipinski definition) is 3. The Hall–Kier alpha value is -0.120. The predicted molar refractivity (Wildman–Crippen MR) is 77.8 cm³/mol. The Bertz CT molecular complexity index is 245. The van der Waals surface area contributed by atoms with E-state index in [1.165, 1.54) is 13.0 Å². The third-order valence-corrected chi connectivity index (χ3v) is 4.08. The van der Waals surface area contributed by atoms with E-state index in [4.69, 9.17) is 0 Å². The summed E-state index contributed by atoms with van der Waals surface area (Å²) < 4.78 is 0. The van der Waals surface area contributed by atoms with Gasteiger partial charge in [0.15, 0.2) is 0 Å². The Morgan fingerprint density at radius 3 is 2.50 bits per heavy atom. The summed E-state index contributed by atoms with van der Waals surface area (Å²) in [5, 5.41) is 13.0. The number of aliphatic hydroxyl groups excluding tert-OH is 1. The summed E-state index contributed by atoms with van der Waals surface area (Å²) in [6.07, 6.45) is 3.59. The van der Waals surface area contributed by atoms with Gasteiger partial charge in [0.2, 0.25) is 0 Å². The third-order valence-electron chi connectivity index (χ3n) is 4.08. The van der Waals surface area contributed by atoms with Crippen molar-refractivity contribution in [3.63, 3.8) is 0 Å². The van der Waals surface area contributed by atoms with Gasteiger partial charge in [-0.2, -0.15) is 0 Å². The second-order valence-electron chi connectivity index (χ2n) is 6.86. The lowest BCUT2D eigenvalue weighted by molar-refractivity contribution is 0.150. The van der Waals surface area contributed by atoms with Gasteiger partial charge in [0, 0.05) is 18.1 Å². The zero-order valence-corrected chi connectivity index (χ0v) is 12.9. The average Bonchev–Trinajstić information content (AvgIpc) is 2.93. The molecule has 3 unspecified atom stereocenters. The molecule has 1 saturated carbocycles. The van der Waals surface area contributed by atoms with Gasteiger partial charge in [-0.25, -0.2) is 0 Å². The Morgan fingerprint density at radius 2 is 2.06 bits per heavy atom. The summed E-state index contributed by atoms with van der Waals surface area (Å²) in [7, 11) is 2.22. The van der Waals surface area contributed by atoms with E-state index in [2.05, 4.69) is 45.0 Å². The maximum Gasteiger partial charge on any atom is 0.0610 e. The molecule has 0 spiro atoms. The zero-order valence-electron chi connectivity index (χ0n) is 12.9. The Labute approximate surface area is 113 Å². The molecule has 1 aliphatic rings. The lowest BCUT2D eigenvalue weighted by atomic mass is 9.95. The van der Waals surface area contributed by atoms with E-state index in [1.54, 1.807) is 0 Å². The van der Waals surface area contributed by atoms with E-state index >= 15 is 0 Å². The van der Waals surface area contributed by atoms with Crippen molar-refractivity contribution in [1.29, 1.82) is 0 Å². The van der Waals surface area contributed by atoms with Crippen molar-refractivity contribution >= 4 is 0 Å². The number of nitrogens with one attached hydrogen (secondary N) is 1. The molecule has 0 bridgehead atoms. The maximum absolute atomic E-state index is 9.51. The van der Waals surface area contributed by atoms with Gasteiger partial charge in [-0.15, -0.1) is 0 Å². The first-order valence-corrected chi connectivity index (χ1v) is 7.43. The topological polar surface area (TPSA) is 35.5 Å². The highest BCUT2D eigenvalue weighted by atomic mass is 16.3. The van der Waals surface area contributed by atoms with Gasteiger partial charge in [-0.05, 0) is 51.6 Å². The van der Waals surface area contributed by atoms with Crippen molar-refractivity contribution in [2.75, 3.05) is 26.7 Å². The summed E-state index contributed by atoms with van der Waals surface area (Å²) in [5.41, 5.74) is -0.123. The fourth-order valence-corrected chi connectivity index (χ4v) is 2.78. The summed E-state index contributed by atoms with van der Waals surface area (Å²) >= 11 is 0. The Kier molecular flexibility index (Phi) is 6.09. The fourth-order valence-electron chi connectivity index (χ4n) is 2.78. The van der Waals surface area contributed by atoms with Gasteiger partial charge >= 0.3 is 0 Å². The molecule has 2 N–H and O–H groups in total. The lowest BCUT2D eigenvalue weighted by Gasteiger charge is -2.32. The molecule has 3 atom stereocenters. The van der Waals surface area contributed by atoms with Crippen LogP contribution in [0.1, 0.15) is 47.0 Å². The second-order valence-corrected chi connectivity index (χ2v) is 6.86. The molecule has 0 aromatic rings. The van der Waals surface area contributed by atoms with E-state index in [0.29, 0.717) is 6.04 Å². The quantitative estimate of drug-likeness (QED) is 0.663. The van der Waals surface area contributed by atoms with Crippen molar-refractivity contribution in [3.05, 3.63) is 0 Å². The van der Waals surface area contributed by atoms with Crippen molar-refractivity contribution in [2.24, 2.45) is 11.8 Å². The van der Waals surface area contributed by atoms with Crippen LogP contribution >= 0.6 is 0 Å². The largest absolute Gasteiger partial charge is 0.394 e. The first-order chi connectivity index (χ1) is 8.36. The highest BCUT2D eigenvalue weighted by Crippen LogP contribution is 2.37. The molecule has 1 fully saturated rings. The average molecular weight is 256 g/mol. The van der Waals surface area contributed by atoms with Crippen LogP contribution in [0.2, 0.25) is 0 Å². The van der Waals surface area contributed by atoms with E-state index in [9.17, 15) is 5.11 Å². The van der Waals surface area contributed by atoms with Crippen molar-refractivity contribution in [1.82, 2.24) is 10.2 Å². The highest BCUT2D eigenvalue weighted by molar-refractivity contribution is 4.86. The van der Waals surface area contributed by atoms with Gasteiger partial charge in [-0.3, -0.25) is 0 Å². The number of rotatable bonds is 9. The molecule has 0 aromatic carbocycles. The van der Waals surface area contributed by atoms with E-state index in [0.717, 1.165) is 31.2 Å². The molecule has 1 rings (SSSR count). The fraction of sp³-hybridized carbons (Fsp3) is 1.00. The molecule has 0 heterocycles. The molecule has 0 saturated heterocycles. The predicted octanol–water partition coefficient (Wildman–Crippen LogP) is 2.10. The second kappa shape index (κ2) is 6.88. The summed E-state index contributed by atoms with van der Waals surface area (Å²) in [6.45, 7) is 11.3. The van der Waals surface area contributed by atoms with E-state index in [1.807, 2.05) is 0 Å². The number of nitrogens with zero attached hydrogens (tertiary/aromatic N) is 1. The van der Waals surface area contributed by atoms with Gasteiger partial charge in [0.1, 0.15) is 0 Å². The van der Waals surface area contributed by atoms with Crippen LogP contribution in [0.4, 0.5) is 0 Å². The van der Waals surface area contributed by atoms with Gasteiger partial charge in [0.25, 0.3) is 0 Å². The number of hydrogen-bond donors (Lipinski definition) is 2. The van der Waals surface area contributed by atoms with Crippen molar-refractivity contribution in [2.45, 2.75) is 58.5 Å². The summed E-state index contributed by atoms with van der Waals surface area (Å²) in [4.78, 5) is 2.45. The molecular formula is C15H32N2O. The summed E-state index contributed by atoms with van der Waals surface area (Å²) in [5.74, 6) is 1.88. The molecule has 3 heteroatoms. The normalized spacial score (nSPS) is 26.7. The first-order valence-electron chi connectivity index (χ1n) is 7.43. The molecule has 0 amide bonds. The van der Waals surface area contributed by atoms with Crippen LogP contribution in [0, 0.1) is 11.8 Å². The molecule has 3 nitrogen and oxygen atoms in total.